The standard InChI is InChI=1S/C31H31Cl4N3O2S/c32-22-7-1-5-18(29(22)35)17-38(20-12-13-20)31(39)28-21(15-19-6-2-10-25(28)37-19)26-16-36-27(41-26)11-4-14-40-30-23(33)8-3-9-24(30)34/h1,3,5,7-9,16,19-20,25,37H,2,4,6,10-15,17H2/t19-,25+/m0/s1. The Labute approximate surface area is 264 Å². The van der Waals surface area contributed by atoms with Crippen molar-refractivity contribution in [1.82, 2.24) is 15.2 Å². The van der Waals surface area contributed by atoms with Crippen LogP contribution in [0.2, 0.25) is 20.1 Å². The lowest BCUT2D eigenvalue weighted by molar-refractivity contribution is -0.128. The first kappa shape index (κ1) is 29.3. The Morgan fingerprint density at radius 2 is 1.78 bits per heavy atom. The fraction of sp³-hybridized carbons (Fsp3) is 0.419. The highest BCUT2D eigenvalue weighted by Gasteiger charge is 2.41. The van der Waals surface area contributed by atoms with Crippen molar-refractivity contribution in [2.75, 3.05) is 6.61 Å². The summed E-state index contributed by atoms with van der Waals surface area (Å²) in [5.74, 6) is 0.626. The number of hydrogen-bond acceptors (Lipinski definition) is 5. The van der Waals surface area contributed by atoms with Gasteiger partial charge in [-0.05, 0) is 74.3 Å². The molecule has 41 heavy (non-hydrogen) atoms. The van der Waals surface area contributed by atoms with Gasteiger partial charge in [0.25, 0.3) is 5.91 Å². The molecule has 3 heterocycles. The first-order valence-corrected chi connectivity index (χ1v) is 16.5. The van der Waals surface area contributed by atoms with Crippen molar-refractivity contribution in [2.45, 2.75) is 76.0 Å². The first-order valence-electron chi connectivity index (χ1n) is 14.1. The highest BCUT2D eigenvalue weighted by molar-refractivity contribution is 7.12. The molecule has 5 nitrogen and oxygen atoms in total. The average molecular weight is 651 g/mol. The summed E-state index contributed by atoms with van der Waals surface area (Å²) in [5, 5.41) is 6.83. The van der Waals surface area contributed by atoms with E-state index in [1.54, 1.807) is 35.6 Å². The van der Waals surface area contributed by atoms with Gasteiger partial charge in [0.15, 0.2) is 5.75 Å². The van der Waals surface area contributed by atoms with Crippen LogP contribution in [0.3, 0.4) is 0 Å². The zero-order valence-electron chi connectivity index (χ0n) is 22.5. The normalized spacial score (nSPS) is 20.3. The van der Waals surface area contributed by atoms with E-state index in [0.29, 0.717) is 45.0 Å². The second-order valence-corrected chi connectivity index (χ2v) is 13.7. The van der Waals surface area contributed by atoms with Gasteiger partial charge in [-0.25, -0.2) is 4.98 Å². The number of ether oxygens (including phenoxy) is 1. The van der Waals surface area contributed by atoms with Crippen molar-refractivity contribution in [3.63, 3.8) is 0 Å². The second-order valence-electron chi connectivity index (χ2n) is 10.9. The molecule has 2 fully saturated rings. The Balaban J connectivity index is 1.22. The van der Waals surface area contributed by atoms with Crippen LogP contribution in [0, 0.1) is 0 Å². The first-order chi connectivity index (χ1) is 19.9. The Hall–Kier alpha value is -1.80. The van der Waals surface area contributed by atoms with E-state index >= 15 is 0 Å². The number of piperidine rings is 1. The zero-order chi connectivity index (χ0) is 28.5. The van der Waals surface area contributed by atoms with E-state index in [1.165, 1.54) is 0 Å². The number of aryl methyl sites for hydroxylation is 1. The molecule has 2 aromatic carbocycles. The molecule has 1 amide bonds. The number of carbonyl (C=O) groups is 1. The maximum absolute atomic E-state index is 14.4. The second kappa shape index (κ2) is 12.8. The van der Waals surface area contributed by atoms with E-state index < -0.39 is 0 Å². The molecule has 2 aliphatic heterocycles. The van der Waals surface area contributed by atoms with Crippen LogP contribution in [-0.4, -0.2) is 40.5 Å². The molecule has 216 valence electrons. The highest BCUT2D eigenvalue weighted by atomic mass is 35.5. The monoisotopic (exact) mass is 649 g/mol. The molecule has 0 radical (unpaired) electrons. The third-order valence-corrected chi connectivity index (χ3v) is 10.6. The van der Waals surface area contributed by atoms with Crippen LogP contribution in [0.15, 0.2) is 48.2 Å². The van der Waals surface area contributed by atoms with E-state index in [-0.39, 0.29) is 18.0 Å². The van der Waals surface area contributed by atoms with Crippen LogP contribution < -0.4 is 10.1 Å². The number of fused-ring (bicyclic) bond motifs is 2. The predicted molar refractivity (Wildman–Crippen MR) is 169 cm³/mol. The quantitative estimate of drug-likeness (QED) is 0.223. The summed E-state index contributed by atoms with van der Waals surface area (Å²) in [5.41, 5.74) is 2.93. The van der Waals surface area contributed by atoms with E-state index in [1.807, 2.05) is 23.2 Å². The molecule has 2 atom stereocenters. The number of amides is 1. The summed E-state index contributed by atoms with van der Waals surface area (Å²) in [4.78, 5) is 22.2. The van der Waals surface area contributed by atoms with Gasteiger partial charge in [-0.3, -0.25) is 4.79 Å². The lowest BCUT2D eigenvalue weighted by Gasteiger charge is -2.40. The molecule has 1 aliphatic carbocycles. The number of hydrogen-bond donors (Lipinski definition) is 1. The van der Waals surface area contributed by atoms with E-state index in [9.17, 15) is 4.79 Å². The number of aromatic nitrogens is 1. The molecule has 1 saturated carbocycles. The Kier molecular flexibility index (Phi) is 9.16. The molecule has 10 heteroatoms. The molecule has 3 aromatic rings. The van der Waals surface area contributed by atoms with Gasteiger partial charge in [0, 0.05) is 42.9 Å². The van der Waals surface area contributed by atoms with Crippen LogP contribution in [0.5, 0.6) is 5.75 Å². The van der Waals surface area contributed by atoms with Crippen LogP contribution in [0.1, 0.15) is 60.4 Å². The number of nitrogens with one attached hydrogen (secondary N) is 1. The molecule has 1 aromatic heterocycles. The minimum Gasteiger partial charge on any atom is -0.490 e. The van der Waals surface area contributed by atoms with Gasteiger partial charge >= 0.3 is 0 Å². The smallest absolute Gasteiger partial charge is 0.252 e. The fourth-order valence-electron chi connectivity index (χ4n) is 5.83. The molecule has 3 aliphatic rings. The van der Waals surface area contributed by atoms with Gasteiger partial charge in [-0.1, -0.05) is 64.6 Å². The summed E-state index contributed by atoms with van der Waals surface area (Å²) in [6.45, 7) is 0.945. The van der Waals surface area contributed by atoms with Crippen LogP contribution in [-0.2, 0) is 17.8 Å². The van der Waals surface area contributed by atoms with Gasteiger partial charge in [0.2, 0.25) is 0 Å². The van der Waals surface area contributed by atoms with E-state index in [4.69, 9.17) is 56.1 Å². The fourth-order valence-corrected chi connectivity index (χ4v) is 7.75. The van der Waals surface area contributed by atoms with Crippen molar-refractivity contribution < 1.29 is 9.53 Å². The molecule has 2 bridgehead atoms. The summed E-state index contributed by atoms with van der Waals surface area (Å²) in [6, 6.07) is 11.6. The minimum atomic E-state index is 0.0559. The van der Waals surface area contributed by atoms with Gasteiger partial charge < -0.3 is 15.0 Å². The van der Waals surface area contributed by atoms with Crippen molar-refractivity contribution in [2.24, 2.45) is 0 Å². The van der Waals surface area contributed by atoms with Crippen LogP contribution in [0.4, 0.5) is 0 Å². The van der Waals surface area contributed by atoms with Gasteiger partial charge in [-0.2, -0.15) is 0 Å². The number of nitrogens with zero attached hydrogens (tertiary/aromatic N) is 2. The third-order valence-electron chi connectivity index (χ3n) is 8.01. The molecule has 1 saturated heterocycles. The van der Waals surface area contributed by atoms with E-state index in [2.05, 4.69) is 5.32 Å². The molecule has 0 spiro atoms. The third kappa shape index (κ3) is 6.58. The van der Waals surface area contributed by atoms with Gasteiger partial charge in [-0.15, -0.1) is 11.3 Å². The van der Waals surface area contributed by atoms with Crippen molar-refractivity contribution in [3.8, 4) is 5.75 Å². The number of halogens is 4. The average Bonchev–Trinajstić information content (AvgIpc) is 3.69. The SMILES string of the molecule is O=C(C1=C(c2cnc(CCCOc3c(Cl)cccc3Cl)s2)C[C@@H]2CCC[C@H]1N2)N(Cc1cccc(Cl)c1Cl)C1CC1. The van der Waals surface area contributed by atoms with E-state index in [0.717, 1.165) is 78.0 Å². The molecule has 1 N–H and O–H groups in total. The predicted octanol–water partition coefficient (Wildman–Crippen LogP) is 8.63. The number of para-hydroxylation sites is 1. The summed E-state index contributed by atoms with van der Waals surface area (Å²) in [7, 11) is 0. The number of rotatable bonds is 10. The van der Waals surface area contributed by atoms with Gasteiger partial charge in [0.1, 0.15) is 0 Å². The number of benzene rings is 2. The molecule has 0 unspecified atom stereocenters. The molecule has 6 rings (SSSR count). The maximum atomic E-state index is 14.4. The van der Waals surface area contributed by atoms with Gasteiger partial charge in [0.05, 0.1) is 36.6 Å². The zero-order valence-corrected chi connectivity index (χ0v) is 26.3. The number of carbonyl (C=O) groups excluding carboxylic acids is 1. The maximum Gasteiger partial charge on any atom is 0.252 e. The Morgan fingerprint density at radius 1 is 1.02 bits per heavy atom. The van der Waals surface area contributed by atoms with Crippen molar-refractivity contribution >= 4 is 69.2 Å². The largest absolute Gasteiger partial charge is 0.490 e. The number of thiazole rings is 1. The van der Waals surface area contributed by atoms with Crippen LogP contribution in [0.25, 0.3) is 5.57 Å². The van der Waals surface area contributed by atoms with Crippen molar-refractivity contribution in [1.29, 1.82) is 0 Å². The Bertz CT molecular complexity index is 1450. The minimum absolute atomic E-state index is 0.0559. The lowest BCUT2D eigenvalue weighted by Crippen LogP contribution is -2.51. The lowest BCUT2D eigenvalue weighted by atomic mass is 9.81. The molecular weight excluding hydrogens is 620 g/mol. The Morgan fingerprint density at radius 3 is 2.56 bits per heavy atom. The van der Waals surface area contributed by atoms with Crippen molar-refractivity contribution in [3.05, 3.63) is 83.7 Å². The summed E-state index contributed by atoms with van der Waals surface area (Å²) in [6.07, 6.45) is 9.58. The summed E-state index contributed by atoms with van der Waals surface area (Å²) >= 11 is 27.0. The van der Waals surface area contributed by atoms with Crippen LogP contribution >= 0.6 is 57.7 Å². The molecular formula is C31H31Cl4N3O2S. The topological polar surface area (TPSA) is 54.5 Å². The summed E-state index contributed by atoms with van der Waals surface area (Å²) < 4.78 is 5.86. The highest BCUT2D eigenvalue weighted by Crippen LogP contribution is 2.41.